The van der Waals surface area contributed by atoms with Crippen molar-refractivity contribution in [2.45, 2.75) is 0 Å². The molecule has 0 aliphatic carbocycles. The van der Waals surface area contributed by atoms with E-state index in [0.717, 1.165) is 11.0 Å². The van der Waals surface area contributed by atoms with E-state index in [1.807, 2.05) is 24.3 Å². The number of anilines is 2. The Hall–Kier alpha value is -5.14. The Bertz CT molecular complexity index is 1570. The van der Waals surface area contributed by atoms with E-state index >= 15 is 0 Å². The van der Waals surface area contributed by atoms with Crippen molar-refractivity contribution in [2.24, 2.45) is 0 Å². The van der Waals surface area contributed by atoms with Gasteiger partial charge < -0.3 is 24.5 Å². The number of benzene rings is 3. The summed E-state index contributed by atoms with van der Waals surface area (Å²) in [5.74, 6) is 1.88. The molecule has 10 heteroatoms. The van der Waals surface area contributed by atoms with E-state index in [0.29, 0.717) is 58.6 Å². The lowest BCUT2D eigenvalue weighted by molar-refractivity contribution is 0.146. The molecule has 184 valence electrons. The predicted octanol–water partition coefficient (Wildman–Crippen LogP) is 5.44. The average molecular weight is 495 g/mol. The maximum atomic E-state index is 12.4. The topological polar surface area (TPSA) is 134 Å². The normalized spacial score (nSPS) is 10.7. The van der Waals surface area contributed by atoms with Crippen LogP contribution in [-0.4, -0.2) is 41.3 Å². The molecule has 2 heterocycles. The molecular formula is C27H22N6O4. The van der Waals surface area contributed by atoms with Crippen LogP contribution in [0.1, 0.15) is 5.56 Å². The van der Waals surface area contributed by atoms with Crippen molar-refractivity contribution in [3.63, 3.8) is 0 Å². The molecule has 0 aliphatic rings. The van der Waals surface area contributed by atoms with Gasteiger partial charge in [0.25, 0.3) is 0 Å². The molecule has 0 saturated carbocycles. The fourth-order valence-corrected chi connectivity index (χ4v) is 3.69. The predicted molar refractivity (Wildman–Crippen MR) is 139 cm³/mol. The zero-order valence-electron chi connectivity index (χ0n) is 19.8. The zero-order valence-corrected chi connectivity index (χ0v) is 19.8. The van der Waals surface area contributed by atoms with Gasteiger partial charge in [-0.05, 0) is 48.5 Å². The molecule has 0 saturated heterocycles. The third-order valence-corrected chi connectivity index (χ3v) is 5.43. The molecule has 0 atom stereocenters. The second-order valence-corrected chi connectivity index (χ2v) is 7.94. The van der Waals surface area contributed by atoms with Gasteiger partial charge in [-0.2, -0.15) is 5.26 Å². The van der Waals surface area contributed by atoms with E-state index < -0.39 is 6.03 Å². The highest BCUT2D eigenvalue weighted by Crippen LogP contribution is 2.33. The first-order valence-corrected chi connectivity index (χ1v) is 11.4. The van der Waals surface area contributed by atoms with Crippen LogP contribution in [0.5, 0.6) is 17.2 Å². The summed E-state index contributed by atoms with van der Waals surface area (Å²) in [4.78, 5) is 24.1. The number of nitrogens with one attached hydrogen (secondary N) is 3. The smallest absolute Gasteiger partial charge is 0.326 e. The first kappa shape index (κ1) is 23.6. The highest BCUT2D eigenvalue weighted by molar-refractivity contribution is 5.99. The number of rotatable bonds is 8. The Kier molecular flexibility index (Phi) is 6.78. The summed E-state index contributed by atoms with van der Waals surface area (Å²) in [6.07, 6.45) is 1.63. The summed E-state index contributed by atoms with van der Waals surface area (Å²) >= 11 is 0. The molecular weight excluding hydrogens is 472 g/mol. The van der Waals surface area contributed by atoms with Gasteiger partial charge in [0, 0.05) is 30.4 Å². The standard InChI is InChI=1S/C27H22N6O4/c1-35-12-13-36-25-15-23-20(14-17(25)16-28)24(10-11-29-23)37-19-8-6-18(7-9-19)30-27(34)33-26-31-21-4-2-3-5-22(21)32-26/h2-11,14-15H,12-13H2,1H3,(H3,30,31,32,33,34). The number of pyridine rings is 1. The van der Waals surface area contributed by atoms with Crippen molar-refractivity contribution in [2.75, 3.05) is 31.0 Å². The molecule has 0 bridgehead atoms. The number of nitrogens with zero attached hydrogens (tertiary/aromatic N) is 3. The second-order valence-electron chi connectivity index (χ2n) is 7.94. The van der Waals surface area contributed by atoms with Crippen LogP contribution in [0.4, 0.5) is 16.4 Å². The minimum atomic E-state index is -0.430. The summed E-state index contributed by atoms with van der Waals surface area (Å²) in [7, 11) is 1.58. The van der Waals surface area contributed by atoms with E-state index in [9.17, 15) is 10.1 Å². The van der Waals surface area contributed by atoms with Crippen LogP contribution in [0.2, 0.25) is 0 Å². The molecule has 0 unspecified atom stereocenters. The number of para-hydroxylation sites is 2. The van der Waals surface area contributed by atoms with Crippen molar-refractivity contribution < 1.29 is 19.0 Å². The Balaban J connectivity index is 1.27. The van der Waals surface area contributed by atoms with Crippen LogP contribution in [0.3, 0.4) is 0 Å². The number of amides is 2. The van der Waals surface area contributed by atoms with Crippen LogP contribution >= 0.6 is 0 Å². The first-order chi connectivity index (χ1) is 18.1. The molecule has 2 aromatic heterocycles. The number of aromatic amines is 1. The Morgan fingerprint density at radius 2 is 1.84 bits per heavy atom. The van der Waals surface area contributed by atoms with E-state index in [4.69, 9.17) is 14.2 Å². The fraction of sp³-hybridized carbons (Fsp3) is 0.111. The van der Waals surface area contributed by atoms with Gasteiger partial charge in [-0.3, -0.25) is 10.3 Å². The third-order valence-electron chi connectivity index (χ3n) is 5.43. The molecule has 5 aromatic rings. The van der Waals surface area contributed by atoms with Crippen LogP contribution in [0.15, 0.2) is 72.9 Å². The Morgan fingerprint density at radius 1 is 1.00 bits per heavy atom. The number of imidazole rings is 1. The summed E-state index contributed by atoms with van der Waals surface area (Å²) in [5.41, 5.74) is 3.17. The number of aromatic nitrogens is 3. The lowest BCUT2D eigenvalue weighted by Gasteiger charge is -2.12. The minimum absolute atomic E-state index is 0.323. The monoisotopic (exact) mass is 494 g/mol. The van der Waals surface area contributed by atoms with Crippen molar-refractivity contribution in [3.05, 3.63) is 78.5 Å². The number of carbonyl (C=O) groups is 1. The van der Waals surface area contributed by atoms with Gasteiger partial charge >= 0.3 is 6.03 Å². The summed E-state index contributed by atoms with van der Waals surface area (Å²) in [6, 6.07) is 21.3. The molecule has 37 heavy (non-hydrogen) atoms. The van der Waals surface area contributed by atoms with Gasteiger partial charge in [-0.15, -0.1) is 0 Å². The Morgan fingerprint density at radius 3 is 2.62 bits per heavy atom. The number of urea groups is 1. The molecule has 10 nitrogen and oxygen atoms in total. The lowest BCUT2D eigenvalue weighted by atomic mass is 10.1. The molecule has 0 spiro atoms. The SMILES string of the molecule is COCCOc1cc2nccc(Oc3ccc(NC(=O)Nc4nc5ccccc5[nH]4)cc3)c2cc1C#N. The highest BCUT2D eigenvalue weighted by Gasteiger charge is 2.12. The van der Waals surface area contributed by atoms with Crippen molar-refractivity contribution in [3.8, 4) is 23.3 Å². The van der Waals surface area contributed by atoms with Crippen LogP contribution in [0.25, 0.3) is 21.9 Å². The van der Waals surface area contributed by atoms with Crippen molar-refractivity contribution in [1.82, 2.24) is 15.0 Å². The van der Waals surface area contributed by atoms with Crippen molar-refractivity contribution >= 4 is 39.6 Å². The minimum Gasteiger partial charge on any atom is -0.490 e. The molecule has 0 fully saturated rings. The number of H-pyrrole nitrogens is 1. The summed E-state index contributed by atoms with van der Waals surface area (Å²) < 4.78 is 16.7. The number of carbonyl (C=O) groups excluding carboxylic acids is 1. The number of nitriles is 1. The van der Waals surface area contributed by atoms with Crippen LogP contribution < -0.4 is 20.1 Å². The number of fused-ring (bicyclic) bond motifs is 2. The van der Waals surface area contributed by atoms with E-state index in [1.54, 1.807) is 55.8 Å². The van der Waals surface area contributed by atoms with Crippen LogP contribution in [0, 0.1) is 11.3 Å². The molecule has 3 N–H and O–H groups in total. The largest absolute Gasteiger partial charge is 0.490 e. The number of hydrogen-bond donors (Lipinski definition) is 3. The maximum Gasteiger partial charge on any atom is 0.326 e. The van der Waals surface area contributed by atoms with Gasteiger partial charge in [0.2, 0.25) is 5.95 Å². The van der Waals surface area contributed by atoms with Crippen molar-refractivity contribution in [1.29, 1.82) is 5.26 Å². The van der Waals surface area contributed by atoms with E-state index in [-0.39, 0.29) is 0 Å². The average Bonchev–Trinajstić information content (AvgIpc) is 3.32. The number of methoxy groups -OCH3 is 1. The lowest BCUT2D eigenvalue weighted by Crippen LogP contribution is -2.20. The highest BCUT2D eigenvalue weighted by atomic mass is 16.5. The van der Waals surface area contributed by atoms with E-state index in [2.05, 4.69) is 31.7 Å². The van der Waals surface area contributed by atoms with Gasteiger partial charge in [-0.25, -0.2) is 9.78 Å². The molecule has 3 aromatic carbocycles. The third kappa shape index (κ3) is 5.42. The molecule has 2 amide bonds. The quantitative estimate of drug-likeness (QED) is 0.244. The second kappa shape index (κ2) is 10.6. The maximum absolute atomic E-state index is 12.4. The summed E-state index contributed by atoms with van der Waals surface area (Å²) in [5, 5.41) is 15.7. The fourth-order valence-electron chi connectivity index (χ4n) is 3.69. The van der Waals surface area contributed by atoms with Gasteiger partial charge in [0.1, 0.15) is 29.9 Å². The van der Waals surface area contributed by atoms with Crippen LogP contribution in [-0.2, 0) is 4.74 Å². The zero-order chi connectivity index (χ0) is 25.6. The molecule has 0 aliphatic heterocycles. The van der Waals surface area contributed by atoms with E-state index in [1.165, 1.54) is 0 Å². The number of ether oxygens (including phenoxy) is 3. The first-order valence-electron chi connectivity index (χ1n) is 11.4. The van der Waals surface area contributed by atoms with Gasteiger partial charge in [0.05, 0.1) is 28.7 Å². The summed E-state index contributed by atoms with van der Waals surface area (Å²) in [6.45, 7) is 0.732. The Labute approximate surface area is 211 Å². The van der Waals surface area contributed by atoms with Gasteiger partial charge in [-0.1, -0.05) is 12.1 Å². The molecule has 0 radical (unpaired) electrons. The molecule has 5 rings (SSSR count). The van der Waals surface area contributed by atoms with Gasteiger partial charge in [0.15, 0.2) is 0 Å². The number of hydrogen-bond acceptors (Lipinski definition) is 7.